The first-order valence-corrected chi connectivity index (χ1v) is 23.8. The van der Waals surface area contributed by atoms with Gasteiger partial charge in [0.2, 0.25) is 0 Å². The number of fused-ring (bicyclic) bond motifs is 10. The molecule has 0 aromatic heterocycles. The Morgan fingerprint density at radius 3 is 0.886 bits per heavy atom. The third-order valence-electron chi connectivity index (χ3n) is 11.7. The number of nitro benzene ring substituents is 2. The van der Waals surface area contributed by atoms with E-state index in [9.17, 15) is 20.2 Å². The van der Waals surface area contributed by atoms with Gasteiger partial charge in [0, 0.05) is 129 Å². The Morgan fingerprint density at radius 2 is 0.600 bits per heavy atom. The van der Waals surface area contributed by atoms with Crippen molar-refractivity contribution >= 4 is 22.7 Å². The number of non-ortho nitro benzene ring substituents is 2. The van der Waals surface area contributed by atoms with Crippen molar-refractivity contribution in [2.45, 2.75) is 79.1 Å². The normalized spacial score (nSPS) is 10.9. The van der Waals surface area contributed by atoms with Gasteiger partial charge in [0.15, 0.2) is 0 Å². The monoisotopic (exact) mass is 914 g/mol. The Bertz CT molecular complexity index is 3170. The molecule has 0 aliphatic heterocycles. The molecule has 7 rings (SSSR count). The van der Waals surface area contributed by atoms with Crippen LogP contribution in [-0.2, 0) is 0 Å². The maximum absolute atomic E-state index is 11.9. The Labute approximate surface area is 412 Å². The molecule has 0 unspecified atom stereocenters. The predicted octanol–water partition coefficient (Wildman–Crippen LogP) is 11.3. The van der Waals surface area contributed by atoms with Crippen molar-refractivity contribution in [1.29, 1.82) is 0 Å². The summed E-state index contributed by atoms with van der Waals surface area (Å²) in [6, 6.07) is 24.8. The molecule has 0 radical (unpaired) electrons. The minimum Gasteiger partial charge on any atom is -0.372 e. The minimum absolute atomic E-state index is 0.125. The zero-order valence-electron chi connectivity index (χ0n) is 40.0. The number of hydrogen-bond donors (Lipinski definition) is 0. The third-order valence-corrected chi connectivity index (χ3v) is 11.7. The van der Waals surface area contributed by atoms with Crippen LogP contribution in [0.25, 0.3) is 0 Å². The molecule has 0 amide bonds. The van der Waals surface area contributed by atoms with Gasteiger partial charge in [-0.1, -0.05) is 124 Å². The highest BCUT2D eigenvalue weighted by molar-refractivity contribution is 5.70. The lowest BCUT2D eigenvalue weighted by molar-refractivity contribution is -0.385. The molecule has 0 atom stereocenters. The van der Waals surface area contributed by atoms with Crippen LogP contribution in [0.5, 0.6) is 0 Å². The highest BCUT2D eigenvalue weighted by atomic mass is 16.6. The summed E-state index contributed by atoms with van der Waals surface area (Å²) >= 11 is 0. The van der Waals surface area contributed by atoms with E-state index in [0.717, 1.165) is 88.9 Å². The first kappa shape index (κ1) is 48.9. The number of rotatable bonds is 16. The molecular weight excluding hydrogens is 865 g/mol. The van der Waals surface area contributed by atoms with E-state index in [1.807, 2.05) is 24.3 Å². The highest BCUT2D eigenvalue weighted by Gasteiger charge is 2.14. The van der Waals surface area contributed by atoms with E-state index in [4.69, 9.17) is 0 Å². The summed E-state index contributed by atoms with van der Waals surface area (Å²) in [6.45, 7) is 12.4. The van der Waals surface area contributed by atoms with E-state index in [1.165, 1.54) is 24.3 Å². The van der Waals surface area contributed by atoms with Crippen molar-refractivity contribution in [3.8, 4) is 94.7 Å². The Morgan fingerprint density at radius 1 is 0.343 bits per heavy atom. The van der Waals surface area contributed by atoms with Gasteiger partial charge in [-0.05, 0) is 110 Å². The van der Waals surface area contributed by atoms with Crippen LogP contribution in [0.4, 0.5) is 22.7 Å². The molecule has 0 saturated heterocycles. The molecule has 70 heavy (non-hydrogen) atoms. The molecule has 8 nitrogen and oxygen atoms in total. The fourth-order valence-electron chi connectivity index (χ4n) is 7.68. The largest absolute Gasteiger partial charge is 0.372 e. The second-order valence-electron chi connectivity index (χ2n) is 16.8. The van der Waals surface area contributed by atoms with Gasteiger partial charge in [0.05, 0.1) is 9.85 Å². The van der Waals surface area contributed by atoms with Crippen LogP contribution in [-0.4, -0.2) is 36.0 Å². The van der Waals surface area contributed by atoms with E-state index < -0.39 is 9.85 Å². The number of benzene rings is 5. The predicted molar refractivity (Wildman–Crippen MR) is 281 cm³/mol. The topological polar surface area (TPSA) is 92.8 Å². The molecule has 2 aliphatic carbocycles. The Balaban J connectivity index is 1.51. The summed E-state index contributed by atoms with van der Waals surface area (Å²) in [5.41, 5.74) is 8.42. The maximum atomic E-state index is 11.9. The molecule has 5 aromatic carbocycles. The zero-order chi connectivity index (χ0) is 49.2. The van der Waals surface area contributed by atoms with Gasteiger partial charge >= 0.3 is 0 Å². The van der Waals surface area contributed by atoms with E-state index in [-0.39, 0.29) is 11.4 Å². The first-order chi connectivity index (χ1) is 34.2. The summed E-state index contributed by atoms with van der Waals surface area (Å²) in [6.07, 6.45) is 8.48. The van der Waals surface area contributed by atoms with E-state index in [1.54, 1.807) is 12.1 Å². The molecule has 0 spiro atoms. The third kappa shape index (κ3) is 12.7. The molecule has 0 heterocycles. The maximum Gasteiger partial charge on any atom is 0.270 e. The molecule has 4 bridgehead atoms. The van der Waals surface area contributed by atoms with E-state index in [2.05, 4.69) is 156 Å². The van der Waals surface area contributed by atoms with Crippen molar-refractivity contribution in [1.82, 2.24) is 0 Å². The number of nitrogens with zero attached hydrogens (tertiary/aromatic N) is 4. The lowest BCUT2D eigenvalue weighted by atomic mass is 9.96. The number of hydrogen-bond acceptors (Lipinski definition) is 6. The van der Waals surface area contributed by atoms with Gasteiger partial charge in [-0.25, -0.2) is 0 Å². The molecule has 5 aromatic rings. The van der Waals surface area contributed by atoms with Crippen LogP contribution in [0, 0.1) is 115 Å². The highest BCUT2D eigenvalue weighted by Crippen LogP contribution is 2.25. The SMILES string of the molecule is CCCCN(CCCC)c1ccc2c(c1)C#CC#Cc1cc([N+](=O)[O-])ccc1C#Cc1cc(c3cc1C#Cc1ccc([N+](=O)[O-])cc1C#CC#Cc1cc(N(CCCC)CCCC)ccc1C#C3)C#C2. The second kappa shape index (κ2) is 24.1. The van der Waals surface area contributed by atoms with Crippen LogP contribution in [0.3, 0.4) is 0 Å². The van der Waals surface area contributed by atoms with Crippen molar-refractivity contribution in [3.05, 3.63) is 172 Å². The van der Waals surface area contributed by atoms with Crippen LogP contribution < -0.4 is 9.80 Å². The number of unbranched alkanes of at least 4 members (excludes halogenated alkanes) is 4. The summed E-state index contributed by atoms with van der Waals surface area (Å²) in [7, 11) is 0. The van der Waals surface area contributed by atoms with Crippen molar-refractivity contribution < 1.29 is 9.85 Å². The molecular formula is C62H50N4O4. The molecule has 0 saturated carbocycles. The smallest absolute Gasteiger partial charge is 0.270 e. The van der Waals surface area contributed by atoms with Crippen LogP contribution in [0.15, 0.2) is 84.9 Å². The number of anilines is 2. The Hall–Kier alpha value is -9.02. The van der Waals surface area contributed by atoms with Gasteiger partial charge < -0.3 is 9.80 Å². The number of nitro groups is 2. The first-order valence-electron chi connectivity index (χ1n) is 23.8. The summed E-state index contributed by atoms with van der Waals surface area (Å²) in [5, 5.41) is 23.8. The molecule has 0 N–H and O–H groups in total. The summed E-state index contributed by atoms with van der Waals surface area (Å²) < 4.78 is 0. The molecule has 8 heteroatoms. The summed E-state index contributed by atoms with van der Waals surface area (Å²) in [4.78, 5) is 27.7. The average molecular weight is 915 g/mol. The molecule has 342 valence electrons. The Kier molecular flexibility index (Phi) is 16.9. The van der Waals surface area contributed by atoms with Gasteiger partial charge in [0.1, 0.15) is 0 Å². The van der Waals surface area contributed by atoms with Gasteiger partial charge in [-0.2, -0.15) is 0 Å². The quantitative estimate of drug-likeness (QED) is 0.0556. The fourth-order valence-corrected chi connectivity index (χ4v) is 7.68. The minimum atomic E-state index is -0.467. The van der Waals surface area contributed by atoms with Crippen LogP contribution in [0.2, 0.25) is 0 Å². The lowest BCUT2D eigenvalue weighted by Crippen LogP contribution is -2.25. The van der Waals surface area contributed by atoms with Gasteiger partial charge in [-0.15, -0.1) is 0 Å². The van der Waals surface area contributed by atoms with Crippen molar-refractivity contribution in [2.75, 3.05) is 36.0 Å². The van der Waals surface area contributed by atoms with Crippen molar-refractivity contribution in [3.63, 3.8) is 0 Å². The standard InChI is InChI=1S/C62H50N4O4/c1-5-9-37-63(38-10-6-2)59-33-29-47-21-25-55-41-57(27-23-49-31-35-61(65(67)68)45-53(49)19-15-13-17-51(47)43-59)58-28-24-50-32-36-62(66(69)70)46-54(50)20-16-14-18-52-44-60(64(39-11-7-3)40-12-8-4)34-30-48(52)22-26-56(55)42-58/h29-36,41-46H,5-12,37-40H2,1-4H3. The molecule has 0 fully saturated rings. The summed E-state index contributed by atoms with van der Waals surface area (Å²) in [5.74, 6) is 51.1. The fraction of sp³-hybridized carbons (Fsp3) is 0.258. The van der Waals surface area contributed by atoms with Crippen molar-refractivity contribution in [2.24, 2.45) is 0 Å². The van der Waals surface area contributed by atoms with E-state index in [0.29, 0.717) is 66.8 Å². The van der Waals surface area contributed by atoms with Gasteiger partial charge in [0.25, 0.3) is 11.4 Å². The van der Waals surface area contributed by atoms with E-state index >= 15 is 0 Å². The second-order valence-corrected chi connectivity index (χ2v) is 16.8. The molecule has 2 aliphatic rings. The van der Waals surface area contributed by atoms with Crippen LogP contribution >= 0.6 is 0 Å². The average Bonchev–Trinajstić information content (AvgIpc) is 3.37. The van der Waals surface area contributed by atoms with Gasteiger partial charge in [-0.3, -0.25) is 20.2 Å². The van der Waals surface area contributed by atoms with Crippen LogP contribution in [0.1, 0.15) is 146 Å². The lowest BCUT2D eigenvalue weighted by Gasteiger charge is -2.25. The zero-order valence-corrected chi connectivity index (χ0v) is 40.0.